The Balaban J connectivity index is 0.000000125. The van der Waals surface area contributed by atoms with Crippen LogP contribution in [-0.2, 0) is 0 Å². The highest BCUT2D eigenvalue weighted by atomic mass is 35.5. The highest BCUT2D eigenvalue weighted by molar-refractivity contribution is 6.30. The second kappa shape index (κ2) is 40.6. The van der Waals surface area contributed by atoms with Crippen LogP contribution in [0.25, 0.3) is 90.8 Å². The number of hydrogen-bond acceptors (Lipinski definition) is 13. The van der Waals surface area contributed by atoms with Crippen LogP contribution in [0.1, 0.15) is 182 Å². The molecule has 21 nitrogen and oxygen atoms in total. The van der Waals surface area contributed by atoms with Crippen LogP contribution in [0.4, 0.5) is 66.7 Å². The number of imidazole rings is 4. The number of nitrogens with zero attached hydrogens (tertiary/aromatic N) is 8. The van der Waals surface area contributed by atoms with Gasteiger partial charge in [0.25, 0.3) is 23.6 Å². The molecule has 0 atom stereocenters. The van der Waals surface area contributed by atoms with Gasteiger partial charge in [-0.2, -0.15) is 8.78 Å². The summed E-state index contributed by atoms with van der Waals surface area (Å²) in [6.45, 7) is 2.37. The molecule has 8 aromatic carbocycles. The van der Waals surface area contributed by atoms with Crippen molar-refractivity contribution in [2.45, 2.75) is 147 Å². The van der Waals surface area contributed by atoms with E-state index in [4.69, 9.17) is 29.3 Å². The van der Waals surface area contributed by atoms with Gasteiger partial charge in [0.05, 0.1) is 53.8 Å². The maximum Gasteiger partial charge on any atom is 0.394 e. The summed E-state index contributed by atoms with van der Waals surface area (Å²) in [6.07, 6.45) is 21.1. The average Bonchev–Trinajstić information content (AvgIpc) is 1.64. The molecule has 0 saturated heterocycles. The molecule has 20 rings (SSSR count). The molecule has 0 aliphatic heterocycles. The maximum atomic E-state index is 14.1. The van der Waals surface area contributed by atoms with E-state index < -0.39 is 47.2 Å². The number of halogens is 11. The van der Waals surface area contributed by atoms with E-state index in [2.05, 4.69) is 64.2 Å². The fourth-order valence-electron chi connectivity index (χ4n) is 17.4. The SMILES string of the molecule is CC(F)(F)Oc1ccc(NC(=O)c2ccc(-c3c(-c4ccc(F)cc4)ncn3C3CCCC3)o2)cc1.Cc1cc(F)ccc1NC(=O)c1ccc(-c2c(-c3ccc(F)cc3)ncn2C2CCCC2)o1.O=C(Nc1ccc(Cl)cc1F)c1ccc(-c2c(-c3ccc(F)cc3)ncn2C2CCCC2)o1.O=C(Nc1ccc(F)c(F)c1)c1ccc(-c2c(-c3ccc(F)cc3)ncn2C2CCCC2)o1. The highest BCUT2D eigenvalue weighted by Crippen LogP contribution is 2.46. The Bertz CT molecular complexity index is 6710. The number of rotatable bonds is 22. The lowest BCUT2D eigenvalue weighted by Gasteiger charge is -2.15. The number of furan rings is 4. The van der Waals surface area contributed by atoms with Crippen molar-refractivity contribution in [3.8, 4) is 96.6 Å². The van der Waals surface area contributed by atoms with Crippen molar-refractivity contribution in [3.05, 3.63) is 330 Å². The molecule has 690 valence electrons. The van der Waals surface area contributed by atoms with Gasteiger partial charge in [-0.1, -0.05) is 63.0 Å². The van der Waals surface area contributed by atoms with Crippen molar-refractivity contribution in [2.75, 3.05) is 21.3 Å². The van der Waals surface area contributed by atoms with Crippen LogP contribution in [0.3, 0.4) is 0 Å². The molecule has 4 amide bonds. The third-order valence-corrected chi connectivity index (χ3v) is 24.2. The van der Waals surface area contributed by atoms with Gasteiger partial charge >= 0.3 is 6.11 Å². The molecule has 4 fully saturated rings. The quantitative estimate of drug-likeness (QED) is 0.0462. The number of anilines is 4. The van der Waals surface area contributed by atoms with E-state index in [0.29, 0.717) is 81.4 Å². The molecule has 135 heavy (non-hydrogen) atoms. The molecule has 4 N–H and O–H groups in total. The van der Waals surface area contributed by atoms with Crippen LogP contribution < -0.4 is 26.0 Å². The number of aromatic nitrogens is 8. The smallest absolute Gasteiger partial charge is 0.394 e. The summed E-state index contributed by atoms with van der Waals surface area (Å²) in [4.78, 5) is 69.4. The van der Waals surface area contributed by atoms with Crippen molar-refractivity contribution in [3.63, 3.8) is 0 Å². The van der Waals surface area contributed by atoms with E-state index in [1.807, 2.05) is 0 Å². The van der Waals surface area contributed by atoms with Crippen LogP contribution in [0.5, 0.6) is 5.75 Å². The summed E-state index contributed by atoms with van der Waals surface area (Å²) in [5, 5.41) is 10.7. The summed E-state index contributed by atoms with van der Waals surface area (Å²) in [7, 11) is 0. The molecule has 4 aliphatic rings. The van der Waals surface area contributed by atoms with Gasteiger partial charge in [-0.25, -0.2) is 55.1 Å². The predicted molar refractivity (Wildman–Crippen MR) is 490 cm³/mol. The summed E-state index contributed by atoms with van der Waals surface area (Å²) in [5.41, 5.74) is 10.2. The van der Waals surface area contributed by atoms with Crippen molar-refractivity contribution < 1.29 is 85.5 Å². The summed E-state index contributed by atoms with van der Waals surface area (Å²) < 4.78 is 171. The minimum atomic E-state index is -3.30. The molecule has 0 radical (unpaired) electrons. The first-order valence-corrected chi connectivity index (χ1v) is 44.4. The average molecular weight is 1860 g/mol. The zero-order chi connectivity index (χ0) is 94.1. The normalized spacial score (nSPS) is 14.1. The van der Waals surface area contributed by atoms with Crippen molar-refractivity contribution in [1.82, 2.24) is 38.2 Å². The second-order valence-electron chi connectivity index (χ2n) is 33.3. The first-order chi connectivity index (χ1) is 65.2. The number of nitrogens with one attached hydrogen (secondary N) is 4. The van der Waals surface area contributed by atoms with Crippen LogP contribution in [0.2, 0.25) is 5.02 Å². The van der Waals surface area contributed by atoms with Gasteiger partial charge in [0.2, 0.25) is 0 Å². The Labute approximate surface area is 772 Å². The Morgan fingerprint density at radius 1 is 0.341 bits per heavy atom. The van der Waals surface area contributed by atoms with Crippen molar-refractivity contribution >= 4 is 58.0 Å². The van der Waals surface area contributed by atoms with Gasteiger partial charge in [0.1, 0.15) is 63.4 Å². The van der Waals surface area contributed by atoms with E-state index >= 15 is 0 Å². The van der Waals surface area contributed by atoms with Crippen LogP contribution >= 0.6 is 11.6 Å². The lowest BCUT2D eigenvalue weighted by Crippen LogP contribution is -2.19. The molecule has 8 aromatic heterocycles. The lowest BCUT2D eigenvalue weighted by molar-refractivity contribution is -0.158. The number of carbonyl (C=O) groups is 4. The standard InChI is InChI=1S/C27H24F3N3O3.C26H23F2N3O2.C25H20ClF2N3O2.C25H20F3N3O2/c1-27(29,30)36-21-12-10-19(11-13-21)32-26(34)23-15-14-22(35-23)25-24(17-6-8-18(28)9-7-17)31-16-33(25)20-4-2-3-5-20;1-16-14-19(28)10-11-21(16)30-26(32)23-13-12-22(33-23)25-24(17-6-8-18(27)9-7-17)29-15-31(25)20-4-2-3-5-20;26-16-7-10-20(19(28)13-16)30-25(32)22-12-11-21(33-22)24-23(15-5-8-17(27)9-6-15)29-14-31(24)18-3-1-2-4-18;26-16-7-5-15(6-8-16)23-24(31(14-29-23)18-3-1-2-4-18)21-11-12-22(33-21)25(32)30-17-9-10-19(27)20(28)13-17/h6-16,20H,2-5H2,1H3,(H,32,34);6-15,20H,2-5H2,1H3,(H,30,32);2*5-14,18H,1-4H2,(H,30,32). The molecule has 0 bridgehead atoms. The van der Waals surface area contributed by atoms with Crippen LogP contribution in [0.15, 0.2) is 267 Å². The number of benzene rings is 8. The fraction of sp³-hybridized carbons (Fsp3) is 0.223. The molecule has 4 aliphatic carbocycles. The van der Waals surface area contributed by atoms with E-state index in [-0.39, 0.29) is 92.4 Å². The Hall–Kier alpha value is -15.0. The zero-order valence-corrected chi connectivity index (χ0v) is 73.5. The Morgan fingerprint density at radius 2 is 0.644 bits per heavy atom. The van der Waals surface area contributed by atoms with E-state index in [1.165, 1.54) is 115 Å². The number of aryl methyl sites for hydroxylation is 1. The first-order valence-electron chi connectivity index (χ1n) is 44.1. The molecular weight excluding hydrogens is 1770 g/mol. The third-order valence-electron chi connectivity index (χ3n) is 24.0. The molecular formula is C103H87ClF10N12O9. The van der Waals surface area contributed by atoms with Gasteiger partial charge in [-0.3, -0.25) is 19.2 Å². The molecule has 0 spiro atoms. The van der Waals surface area contributed by atoms with Crippen molar-refractivity contribution in [2.24, 2.45) is 0 Å². The van der Waals surface area contributed by atoms with Crippen LogP contribution in [-0.4, -0.2) is 67.9 Å². The molecule has 8 heterocycles. The summed E-state index contributed by atoms with van der Waals surface area (Å²) in [6, 6.07) is 55.5. The Kier molecular flexibility index (Phi) is 27.6. The molecule has 4 saturated carbocycles. The number of amides is 4. The molecule has 0 unspecified atom stereocenters. The predicted octanol–water partition coefficient (Wildman–Crippen LogP) is 27.8. The monoisotopic (exact) mass is 1860 g/mol. The number of hydrogen-bond donors (Lipinski definition) is 4. The number of ether oxygens (including phenoxy) is 1. The van der Waals surface area contributed by atoms with Gasteiger partial charge in [-0.15, -0.1) is 0 Å². The van der Waals surface area contributed by atoms with Crippen LogP contribution in [0, 0.1) is 53.5 Å². The first kappa shape index (κ1) is 91.9. The van der Waals surface area contributed by atoms with Crippen molar-refractivity contribution in [1.29, 1.82) is 0 Å². The second-order valence-corrected chi connectivity index (χ2v) is 33.7. The van der Waals surface area contributed by atoms with Gasteiger partial charge in [0.15, 0.2) is 57.7 Å². The topological polar surface area (TPSA) is 249 Å². The third kappa shape index (κ3) is 21.5. The van der Waals surface area contributed by atoms with E-state index in [9.17, 15) is 63.1 Å². The Morgan fingerprint density at radius 3 is 0.963 bits per heavy atom. The largest absolute Gasteiger partial charge is 0.449 e. The molecule has 16 aromatic rings. The van der Waals surface area contributed by atoms with Gasteiger partial charge in [0, 0.05) is 81.5 Å². The number of alkyl halides is 2. The fourth-order valence-corrected chi connectivity index (χ4v) is 17.5. The van der Waals surface area contributed by atoms with E-state index in [0.717, 1.165) is 160 Å². The molecule has 32 heteroatoms. The maximum absolute atomic E-state index is 14.1. The minimum Gasteiger partial charge on any atom is -0.449 e. The lowest BCUT2D eigenvalue weighted by atomic mass is 10.1. The number of carbonyl (C=O) groups excluding carboxylic acids is 4. The summed E-state index contributed by atoms with van der Waals surface area (Å²) in [5.74, 6) is -4.36. The zero-order valence-electron chi connectivity index (χ0n) is 72.7. The van der Waals surface area contributed by atoms with Gasteiger partial charge in [-0.05, 0) is 282 Å². The minimum absolute atomic E-state index is 0.00495. The highest BCUT2D eigenvalue weighted by Gasteiger charge is 2.33. The summed E-state index contributed by atoms with van der Waals surface area (Å²) >= 11 is 5.77. The van der Waals surface area contributed by atoms with E-state index in [1.54, 1.807) is 123 Å². The van der Waals surface area contributed by atoms with Gasteiger partial charge < -0.3 is 61.9 Å².